The molecule has 2 amide bonds. The van der Waals surface area contributed by atoms with Gasteiger partial charge in [0, 0.05) is 0 Å². The summed E-state index contributed by atoms with van der Waals surface area (Å²) in [6.45, 7) is 4.96. The summed E-state index contributed by atoms with van der Waals surface area (Å²) in [6, 6.07) is 7.43. The Morgan fingerprint density at radius 1 is 1.05 bits per heavy atom. The largest absolute Gasteiger partial charge is 0.480 e. The minimum Gasteiger partial charge on any atom is -0.480 e. The fourth-order valence-electron chi connectivity index (χ4n) is 1.91. The first-order valence-electron chi connectivity index (χ1n) is 7.17. The van der Waals surface area contributed by atoms with E-state index in [0.29, 0.717) is 0 Å². The van der Waals surface area contributed by atoms with Crippen LogP contribution in [0, 0.1) is 5.92 Å². The third kappa shape index (κ3) is 5.55. The van der Waals surface area contributed by atoms with Gasteiger partial charge in [-0.3, -0.25) is 14.4 Å². The Labute approximate surface area is 129 Å². The van der Waals surface area contributed by atoms with E-state index in [1.807, 2.05) is 30.3 Å². The zero-order valence-corrected chi connectivity index (χ0v) is 13.0. The third-order valence-electron chi connectivity index (χ3n) is 3.20. The lowest BCUT2D eigenvalue weighted by Gasteiger charge is -2.23. The average molecular weight is 306 g/mol. The van der Waals surface area contributed by atoms with E-state index in [2.05, 4.69) is 10.6 Å². The van der Waals surface area contributed by atoms with E-state index in [9.17, 15) is 14.4 Å². The average Bonchev–Trinajstić information content (AvgIpc) is 2.45. The lowest BCUT2D eigenvalue weighted by Crippen LogP contribution is -2.53. The molecule has 0 aliphatic heterocycles. The smallest absolute Gasteiger partial charge is 0.325 e. The standard InChI is InChI=1S/C16H22N2O4/c1-10(2)14(15(20)17-11(3)16(21)22)18-13(19)9-12-7-5-4-6-8-12/h4-8,10-11,14H,9H2,1-3H3,(H,17,20)(H,18,19)(H,21,22)/t11-,14?/m0/s1. The lowest BCUT2D eigenvalue weighted by atomic mass is 10.0. The molecule has 22 heavy (non-hydrogen) atoms. The summed E-state index contributed by atoms with van der Waals surface area (Å²) < 4.78 is 0. The lowest BCUT2D eigenvalue weighted by molar-refractivity contribution is -0.141. The second kappa shape index (κ2) is 8.17. The van der Waals surface area contributed by atoms with Crippen molar-refractivity contribution < 1.29 is 19.5 Å². The maximum Gasteiger partial charge on any atom is 0.325 e. The number of nitrogens with one attached hydrogen (secondary N) is 2. The van der Waals surface area contributed by atoms with Crippen molar-refractivity contribution in [2.45, 2.75) is 39.3 Å². The number of benzene rings is 1. The summed E-state index contributed by atoms with van der Waals surface area (Å²) in [5.74, 6) is -2.04. The molecule has 0 aromatic heterocycles. The molecule has 0 fully saturated rings. The van der Waals surface area contributed by atoms with Gasteiger partial charge >= 0.3 is 5.97 Å². The van der Waals surface area contributed by atoms with Crippen molar-refractivity contribution in [3.8, 4) is 0 Å². The fourth-order valence-corrected chi connectivity index (χ4v) is 1.91. The molecule has 120 valence electrons. The zero-order chi connectivity index (χ0) is 16.7. The number of carbonyl (C=O) groups excluding carboxylic acids is 2. The molecule has 0 aliphatic rings. The molecule has 6 heteroatoms. The van der Waals surface area contributed by atoms with Crippen LogP contribution >= 0.6 is 0 Å². The second-order valence-electron chi connectivity index (χ2n) is 5.52. The predicted molar refractivity (Wildman–Crippen MR) is 82.2 cm³/mol. The van der Waals surface area contributed by atoms with Gasteiger partial charge in [-0.2, -0.15) is 0 Å². The summed E-state index contributed by atoms with van der Waals surface area (Å²) >= 11 is 0. The summed E-state index contributed by atoms with van der Waals surface area (Å²) in [5.41, 5.74) is 0.849. The van der Waals surface area contributed by atoms with E-state index in [-0.39, 0.29) is 18.2 Å². The van der Waals surface area contributed by atoms with Gasteiger partial charge in [0.1, 0.15) is 12.1 Å². The minimum atomic E-state index is -1.12. The molecule has 0 saturated carbocycles. The molecule has 1 aromatic rings. The van der Waals surface area contributed by atoms with Gasteiger partial charge in [0.05, 0.1) is 6.42 Å². The molecule has 1 unspecified atom stereocenters. The molecule has 0 heterocycles. The SMILES string of the molecule is CC(C)C(NC(=O)Cc1ccccc1)C(=O)N[C@@H](C)C(=O)O. The van der Waals surface area contributed by atoms with Crippen LogP contribution in [-0.2, 0) is 20.8 Å². The van der Waals surface area contributed by atoms with Crippen molar-refractivity contribution in [3.05, 3.63) is 35.9 Å². The van der Waals surface area contributed by atoms with Crippen LogP contribution < -0.4 is 10.6 Å². The molecule has 0 aliphatic carbocycles. The molecule has 1 aromatic carbocycles. The topological polar surface area (TPSA) is 95.5 Å². The molecule has 0 radical (unpaired) electrons. The van der Waals surface area contributed by atoms with E-state index in [4.69, 9.17) is 5.11 Å². The van der Waals surface area contributed by atoms with Gasteiger partial charge in [-0.25, -0.2) is 0 Å². The number of carbonyl (C=O) groups is 3. The fraction of sp³-hybridized carbons (Fsp3) is 0.438. The number of carboxylic acid groups (broad SMARTS) is 1. The first kappa shape index (κ1) is 17.7. The van der Waals surface area contributed by atoms with Crippen molar-refractivity contribution in [1.29, 1.82) is 0 Å². The van der Waals surface area contributed by atoms with Crippen LogP contribution in [0.1, 0.15) is 26.3 Å². The number of carboxylic acids is 1. The van der Waals surface area contributed by atoms with E-state index in [1.54, 1.807) is 13.8 Å². The van der Waals surface area contributed by atoms with E-state index in [0.717, 1.165) is 5.56 Å². The Hall–Kier alpha value is -2.37. The highest BCUT2D eigenvalue weighted by molar-refractivity contribution is 5.90. The molecule has 6 nitrogen and oxygen atoms in total. The molecule has 3 N–H and O–H groups in total. The van der Waals surface area contributed by atoms with Crippen LogP contribution in [0.15, 0.2) is 30.3 Å². The van der Waals surface area contributed by atoms with E-state index in [1.165, 1.54) is 6.92 Å². The highest BCUT2D eigenvalue weighted by Gasteiger charge is 2.26. The number of rotatable bonds is 7. The Bertz CT molecular complexity index is 528. The van der Waals surface area contributed by atoms with Gasteiger partial charge < -0.3 is 15.7 Å². The zero-order valence-electron chi connectivity index (χ0n) is 13.0. The van der Waals surface area contributed by atoms with Crippen molar-refractivity contribution in [2.24, 2.45) is 5.92 Å². The monoisotopic (exact) mass is 306 g/mol. The summed E-state index contributed by atoms with van der Waals surface area (Å²) in [6.07, 6.45) is 0.172. The highest BCUT2D eigenvalue weighted by atomic mass is 16.4. The van der Waals surface area contributed by atoms with Crippen LogP contribution in [0.25, 0.3) is 0 Å². The van der Waals surface area contributed by atoms with Gasteiger partial charge in [-0.05, 0) is 18.4 Å². The molecule has 0 bridgehead atoms. The normalized spacial score (nSPS) is 13.3. The quantitative estimate of drug-likeness (QED) is 0.699. The first-order valence-corrected chi connectivity index (χ1v) is 7.17. The summed E-state index contributed by atoms with van der Waals surface area (Å²) in [7, 11) is 0. The number of aliphatic carboxylic acids is 1. The van der Waals surface area contributed by atoms with Crippen molar-refractivity contribution in [3.63, 3.8) is 0 Å². The van der Waals surface area contributed by atoms with Gasteiger partial charge in [0.25, 0.3) is 0 Å². The molecule has 0 spiro atoms. The summed E-state index contributed by atoms with van der Waals surface area (Å²) in [4.78, 5) is 34.9. The van der Waals surface area contributed by atoms with Gasteiger partial charge in [-0.1, -0.05) is 44.2 Å². The van der Waals surface area contributed by atoms with Gasteiger partial charge in [0.15, 0.2) is 0 Å². The molecule has 0 saturated heterocycles. The Morgan fingerprint density at radius 2 is 1.64 bits per heavy atom. The van der Waals surface area contributed by atoms with Crippen LogP contribution in [0.2, 0.25) is 0 Å². The molecule has 2 atom stereocenters. The maximum absolute atomic E-state index is 12.1. The second-order valence-corrected chi connectivity index (χ2v) is 5.52. The minimum absolute atomic E-state index is 0.152. The molecule has 1 rings (SSSR count). The predicted octanol–water partition coefficient (Wildman–Crippen LogP) is 0.959. The van der Waals surface area contributed by atoms with E-state index >= 15 is 0 Å². The van der Waals surface area contributed by atoms with Gasteiger partial charge in [0.2, 0.25) is 11.8 Å². The van der Waals surface area contributed by atoms with Crippen LogP contribution in [0.3, 0.4) is 0 Å². The van der Waals surface area contributed by atoms with Gasteiger partial charge in [-0.15, -0.1) is 0 Å². The highest BCUT2D eigenvalue weighted by Crippen LogP contribution is 2.05. The van der Waals surface area contributed by atoms with E-state index < -0.39 is 24.0 Å². The van der Waals surface area contributed by atoms with Crippen LogP contribution in [0.5, 0.6) is 0 Å². The Kier molecular flexibility index (Phi) is 6.56. The van der Waals surface area contributed by atoms with Crippen molar-refractivity contribution in [2.75, 3.05) is 0 Å². The number of hydrogen-bond acceptors (Lipinski definition) is 3. The molecular formula is C16H22N2O4. The van der Waals surface area contributed by atoms with Crippen molar-refractivity contribution in [1.82, 2.24) is 10.6 Å². The van der Waals surface area contributed by atoms with Crippen LogP contribution in [0.4, 0.5) is 0 Å². The van der Waals surface area contributed by atoms with Crippen LogP contribution in [-0.4, -0.2) is 35.0 Å². The first-order chi connectivity index (χ1) is 10.3. The third-order valence-corrected chi connectivity index (χ3v) is 3.20. The Balaban J connectivity index is 2.65. The number of hydrogen-bond donors (Lipinski definition) is 3. The number of amides is 2. The maximum atomic E-state index is 12.1. The summed E-state index contributed by atoms with van der Waals surface area (Å²) in [5, 5.41) is 13.9. The van der Waals surface area contributed by atoms with Crippen molar-refractivity contribution >= 4 is 17.8 Å². The molecular weight excluding hydrogens is 284 g/mol. The Morgan fingerprint density at radius 3 is 2.14 bits per heavy atom.